The van der Waals surface area contributed by atoms with Crippen LogP contribution in [0.2, 0.25) is 0 Å². The van der Waals surface area contributed by atoms with Crippen molar-refractivity contribution >= 4 is 0 Å². The Morgan fingerprint density at radius 3 is 1.75 bits per heavy atom. The van der Waals surface area contributed by atoms with Gasteiger partial charge in [-0.25, -0.2) is 4.39 Å². The summed E-state index contributed by atoms with van der Waals surface area (Å²) < 4.78 is 13.0. The smallest absolute Gasteiger partial charge is 0.123 e. The highest BCUT2D eigenvalue weighted by Gasteiger charge is 2.12. The van der Waals surface area contributed by atoms with E-state index in [2.05, 4.69) is 38.1 Å². The zero-order valence-electron chi connectivity index (χ0n) is 13.0. The second kappa shape index (κ2) is 8.52. The van der Waals surface area contributed by atoms with Crippen molar-refractivity contribution < 1.29 is 4.39 Å². The molecule has 0 fully saturated rings. The van der Waals surface area contributed by atoms with Gasteiger partial charge in [-0.1, -0.05) is 69.2 Å². The van der Waals surface area contributed by atoms with Crippen LogP contribution in [-0.2, 0) is 0 Å². The van der Waals surface area contributed by atoms with Crippen molar-refractivity contribution in [3.05, 3.63) is 71.0 Å². The molecule has 0 heterocycles. The Labute approximate surface area is 122 Å². The molecule has 0 saturated carbocycles. The summed E-state index contributed by atoms with van der Waals surface area (Å²) in [5, 5.41) is 0. The van der Waals surface area contributed by atoms with Crippen molar-refractivity contribution in [2.75, 3.05) is 0 Å². The quantitative estimate of drug-likeness (QED) is 0.631. The van der Waals surface area contributed by atoms with Crippen LogP contribution in [0.15, 0.2) is 48.5 Å². The fourth-order valence-electron chi connectivity index (χ4n) is 2.31. The topological polar surface area (TPSA) is 0 Å². The molecule has 1 atom stereocenters. The molecule has 0 aromatic heterocycles. The first-order valence-electron chi connectivity index (χ1n) is 7.52. The number of benzene rings is 2. The van der Waals surface area contributed by atoms with Gasteiger partial charge in [-0.2, -0.15) is 0 Å². The predicted octanol–water partition coefficient (Wildman–Crippen LogP) is 6.09. The molecule has 1 heteroatoms. The molecule has 0 bridgehead atoms. The minimum atomic E-state index is -0.169. The van der Waals surface area contributed by atoms with Gasteiger partial charge in [0.05, 0.1) is 0 Å². The lowest BCUT2D eigenvalue weighted by Crippen LogP contribution is -2.01. The van der Waals surface area contributed by atoms with E-state index in [0.717, 1.165) is 12.8 Å². The Hall–Kier alpha value is -1.63. The fourth-order valence-corrected chi connectivity index (χ4v) is 2.31. The van der Waals surface area contributed by atoms with Gasteiger partial charge in [0.2, 0.25) is 0 Å². The summed E-state index contributed by atoms with van der Waals surface area (Å²) in [6, 6.07) is 15.5. The van der Waals surface area contributed by atoms with Crippen molar-refractivity contribution in [2.24, 2.45) is 0 Å². The third-order valence-electron chi connectivity index (χ3n) is 3.33. The normalized spacial score (nSPS) is 11.4. The first kappa shape index (κ1) is 16.4. The molecule has 1 unspecified atom stereocenters. The molecular formula is C19H25F. The SMILES string of the molecule is CC.CCCC(c1ccc(C)cc1)c1ccc(F)cc1. The van der Waals surface area contributed by atoms with Crippen LogP contribution >= 0.6 is 0 Å². The maximum absolute atomic E-state index is 13.0. The molecule has 0 spiro atoms. The predicted molar refractivity (Wildman–Crippen MR) is 85.7 cm³/mol. The van der Waals surface area contributed by atoms with E-state index in [-0.39, 0.29) is 5.82 Å². The van der Waals surface area contributed by atoms with Gasteiger partial charge in [0.25, 0.3) is 0 Å². The van der Waals surface area contributed by atoms with Crippen molar-refractivity contribution in [1.29, 1.82) is 0 Å². The summed E-state index contributed by atoms with van der Waals surface area (Å²) in [5.74, 6) is 0.203. The molecule has 20 heavy (non-hydrogen) atoms. The van der Waals surface area contributed by atoms with Gasteiger partial charge in [-0.15, -0.1) is 0 Å². The molecule has 0 aliphatic rings. The van der Waals surface area contributed by atoms with Crippen LogP contribution in [0.4, 0.5) is 4.39 Å². The molecule has 0 radical (unpaired) electrons. The Morgan fingerprint density at radius 2 is 1.30 bits per heavy atom. The van der Waals surface area contributed by atoms with Crippen LogP contribution in [0.5, 0.6) is 0 Å². The van der Waals surface area contributed by atoms with E-state index in [1.54, 1.807) is 12.1 Å². The van der Waals surface area contributed by atoms with Crippen LogP contribution in [0.1, 0.15) is 56.2 Å². The maximum atomic E-state index is 13.0. The first-order chi connectivity index (χ1) is 9.70. The molecule has 2 aromatic rings. The van der Waals surface area contributed by atoms with E-state index in [9.17, 15) is 4.39 Å². The first-order valence-corrected chi connectivity index (χ1v) is 7.52. The van der Waals surface area contributed by atoms with Crippen LogP contribution in [0.25, 0.3) is 0 Å². The second-order valence-corrected chi connectivity index (χ2v) is 4.80. The van der Waals surface area contributed by atoms with Crippen LogP contribution < -0.4 is 0 Å². The third kappa shape index (κ3) is 4.48. The summed E-state index contributed by atoms with van der Waals surface area (Å²) in [6.07, 6.45) is 2.21. The highest BCUT2D eigenvalue weighted by atomic mass is 19.1. The molecule has 2 aromatic carbocycles. The van der Waals surface area contributed by atoms with E-state index < -0.39 is 0 Å². The molecule has 2 rings (SSSR count). The van der Waals surface area contributed by atoms with Gasteiger partial charge in [0.15, 0.2) is 0 Å². The molecule has 0 aliphatic heterocycles. The van der Waals surface area contributed by atoms with E-state index in [0.29, 0.717) is 5.92 Å². The van der Waals surface area contributed by atoms with Crippen molar-refractivity contribution in [1.82, 2.24) is 0 Å². The zero-order chi connectivity index (χ0) is 15.0. The molecule has 0 nitrogen and oxygen atoms in total. The number of hydrogen-bond donors (Lipinski definition) is 0. The average Bonchev–Trinajstić information content (AvgIpc) is 2.49. The summed E-state index contributed by atoms with van der Waals surface area (Å²) in [7, 11) is 0. The molecule has 0 saturated heterocycles. The van der Waals surface area contributed by atoms with Crippen LogP contribution in [0.3, 0.4) is 0 Å². The second-order valence-electron chi connectivity index (χ2n) is 4.80. The van der Waals surface area contributed by atoms with Crippen LogP contribution in [-0.4, -0.2) is 0 Å². The van der Waals surface area contributed by atoms with E-state index >= 15 is 0 Å². The summed E-state index contributed by atoms with van der Waals surface area (Å²) in [5.41, 5.74) is 3.78. The van der Waals surface area contributed by atoms with E-state index in [4.69, 9.17) is 0 Å². The summed E-state index contributed by atoms with van der Waals surface area (Å²) in [6.45, 7) is 8.28. The molecule has 0 aliphatic carbocycles. The van der Waals surface area contributed by atoms with Gasteiger partial charge in [0.1, 0.15) is 5.82 Å². The Morgan fingerprint density at radius 1 is 0.850 bits per heavy atom. The number of rotatable bonds is 4. The molecular weight excluding hydrogens is 247 g/mol. The average molecular weight is 272 g/mol. The molecule has 0 amide bonds. The summed E-state index contributed by atoms with van der Waals surface area (Å²) >= 11 is 0. The lowest BCUT2D eigenvalue weighted by molar-refractivity contribution is 0.624. The Balaban J connectivity index is 0.000000956. The minimum absolute atomic E-state index is 0.169. The Bertz CT molecular complexity index is 437. The number of aryl methyl sites for hydroxylation is 1. The maximum Gasteiger partial charge on any atom is 0.123 e. The van der Waals surface area contributed by atoms with Gasteiger partial charge < -0.3 is 0 Å². The monoisotopic (exact) mass is 272 g/mol. The van der Waals surface area contributed by atoms with E-state index in [1.165, 1.54) is 16.7 Å². The van der Waals surface area contributed by atoms with E-state index in [1.807, 2.05) is 26.0 Å². The summed E-state index contributed by atoms with van der Waals surface area (Å²) in [4.78, 5) is 0. The van der Waals surface area contributed by atoms with Crippen LogP contribution in [0, 0.1) is 12.7 Å². The van der Waals surface area contributed by atoms with Crippen molar-refractivity contribution in [2.45, 2.75) is 46.5 Å². The van der Waals surface area contributed by atoms with Gasteiger partial charge >= 0.3 is 0 Å². The Kier molecular flexibility index (Phi) is 7.00. The van der Waals surface area contributed by atoms with Crippen molar-refractivity contribution in [3.8, 4) is 0 Å². The van der Waals surface area contributed by atoms with Gasteiger partial charge in [-0.05, 0) is 36.6 Å². The lowest BCUT2D eigenvalue weighted by Gasteiger charge is -2.17. The standard InChI is InChI=1S/C17H19F.C2H6/c1-3-4-17(14-7-5-13(2)6-8-14)15-9-11-16(18)12-10-15;1-2/h5-12,17H,3-4H2,1-2H3;1-2H3. The molecule has 0 N–H and O–H groups in total. The fraction of sp³-hybridized carbons (Fsp3) is 0.368. The number of hydrogen-bond acceptors (Lipinski definition) is 0. The zero-order valence-corrected chi connectivity index (χ0v) is 13.0. The largest absolute Gasteiger partial charge is 0.207 e. The third-order valence-corrected chi connectivity index (χ3v) is 3.33. The van der Waals surface area contributed by atoms with Crippen molar-refractivity contribution in [3.63, 3.8) is 0 Å². The lowest BCUT2D eigenvalue weighted by atomic mass is 9.87. The highest BCUT2D eigenvalue weighted by molar-refractivity contribution is 5.34. The highest BCUT2D eigenvalue weighted by Crippen LogP contribution is 2.29. The molecule has 108 valence electrons. The minimum Gasteiger partial charge on any atom is -0.207 e. The van der Waals surface area contributed by atoms with Gasteiger partial charge in [0, 0.05) is 5.92 Å². The number of halogens is 1. The van der Waals surface area contributed by atoms with Gasteiger partial charge in [-0.3, -0.25) is 0 Å².